The van der Waals surface area contributed by atoms with Gasteiger partial charge in [0.2, 0.25) is 5.91 Å². The summed E-state index contributed by atoms with van der Waals surface area (Å²) in [6, 6.07) is 6.16. The van der Waals surface area contributed by atoms with Crippen LogP contribution in [0.25, 0.3) is 0 Å². The molecule has 0 aliphatic rings. The largest absolute Gasteiger partial charge is 0.366 e. The van der Waals surface area contributed by atoms with E-state index in [0.717, 1.165) is 0 Å². The van der Waals surface area contributed by atoms with E-state index in [2.05, 4.69) is 4.98 Å². The number of thiazole rings is 1. The van der Waals surface area contributed by atoms with Crippen molar-refractivity contribution >= 4 is 34.0 Å². The van der Waals surface area contributed by atoms with Crippen LogP contribution in [0.15, 0.2) is 35.8 Å². The Hall–Kier alpha value is -2.28. The van der Waals surface area contributed by atoms with Crippen LogP contribution in [0.2, 0.25) is 0 Å². The summed E-state index contributed by atoms with van der Waals surface area (Å²) in [5.41, 5.74) is 5.93. The highest BCUT2D eigenvalue weighted by atomic mass is 32.1. The van der Waals surface area contributed by atoms with Gasteiger partial charge in [0.1, 0.15) is 0 Å². The Morgan fingerprint density at radius 1 is 1.27 bits per heavy atom. The van der Waals surface area contributed by atoms with Crippen LogP contribution >= 0.6 is 11.3 Å². The summed E-state index contributed by atoms with van der Waals surface area (Å²) < 4.78 is 15.0. The molecule has 1 aromatic carbocycles. The second-order valence-electron chi connectivity index (χ2n) is 7.54. The number of anilines is 2. The predicted molar refractivity (Wildman–Crippen MR) is 102 cm³/mol. The maximum absolute atomic E-state index is 15.0. The van der Waals surface area contributed by atoms with Crippen LogP contribution in [0.4, 0.5) is 15.2 Å². The summed E-state index contributed by atoms with van der Waals surface area (Å²) in [6.07, 6.45) is 0.477. The molecular formula is C19H24FN3O2S. The monoisotopic (exact) mass is 377 g/mol. The highest BCUT2D eigenvalue weighted by Crippen LogP contribution is 2.33. The molecule has 0 radical (unpaired) electrons. The third-order valence-electron chi connectivity index (χ3n) is 3.91. The van der Waals surface area contributed by atoms with E-state index in [1.54, 1.807) is 30.6 Å². The molecule has 2 rings (SSSR count). The van der Waals surface area contributed by atoms with Crippen LogP contribution in [-0.2, 0) is 4.79 Å². The molecule has 7 heteroatoms. The fourth-order valence-electron chi connectivity index (χ4n) is 2.87. The Morgan fingerprint density at radius 3 is 2.35 bits per heavy atom. The summed E-state index contributed by atoms with van der Waals surface area (Å²) in [5.74, 6) is -1.66. The number of benzene rings is 1. The molecule has 0 aliphatic carbocycles. The first kappa shape index (κ1) is 20.0. The zero-order valence-corrected chi connectivity index (χ0v) is 16.2. The van der Waals surface area contributed by atoms with E-state index >= 15 is 0 Å². The number of primary amides is 1. The molecule has 0 bridgehead atoms. The van der Waals surface area contributed by atoms with Crippen LogP contribution in [0, 0.1) is 11.3 Å². The molecular weight excluding hydrogens is 353 g/mol. The number of carbonyl (C=O) groups excluding carboxylic acids is 2. The molecule has 0 saturated carbocycles. The van der Waals surface area contributed by atoms with Gasteiger partial charge in [0.05, 0.1) is 5.69 Å². The number of halogens is 1. The van der Waals surface area contributed by atoms with Gasteiger partial charge in [0, 0.05) is 17.1 Å². The van der Waals surface area contributed by atoms with Crippen LogP contribution in [0.1, 0.15) is 44.5 Å². The third kappa shape index (κ3) is 4.88. The molecule has 1 aromatic heterocycles. The van der Waals surface area contributed by atoms with Gasteiger partial charge in [0.15, 0.2) is 11.3 Å². The first-order chi connectivity index (χ1) is 12.1. The molecule has 0 saturated heterocycles. The lowest BCUT2D eigenvalue weighted by atomic mass is 9.83. The van der Waals surface area contributed by atoms with Gasteiger partial charge in [-0.3, -0.25) is 14.5 Å². The van der Waals surface area contributed by atoms with Crippen molar-refractivity contribution in [2.24, 2.45) is 17.1 Å². The average Bonchev–Trinajstić information content (AvgIpc) is 3.07. The molecule has 0 fully saturated rings. The Morgan fingerprint density at radius 2 is 1.88 bits per heavy atom. The number of hydrogen-bond donors (Lipinski definition) is 1. The number of nitrogens with two attached hydrogens (primary N) is 1. The first-order valence-corrected chi connectivity index (χ1v) is 9.25. The summed E-state index contributed by atoms with van der Waals surface area (Å²) in [5, 5.41) is 2.10. The SMILES string of the molecule is CC(CC(C)(C)C)C(F)C(=O)N(c1ccc(C(N)=O)cc1)c1nccs1. The van der Waals surface area contributed by atoms with E-state index in [0.29, 0.717) is 22.8 Å². The zero-order chi connectivity index (χ0) is 19.5. The first-order valence-electron chi connectivity index (χ1n) is 8.37. The number of aromatic nitrogens is 1. The van der Waals surface area contributed by atoms with Crippen molar-refractivity contribution in [3.63, 3.8) is 0 Å². The molecule has 5 nitrogen and oxygen atoms in total. The van der Waals surface area contributed by atoms with Crippen molar-refractivity contribution in [3.8, 4) is 0 Å². The van der Waals surface area contributed by atoms with Crippen LogP contribution in [0.5, 0.6) is 0 Å². The number of carbonyl (C=O) groups is 2. The number of rotatable bonds is 6. The minimum absolute atomic E-state index is 0.0841. The quantitative estimate of drug-likeness (QED) is 0.814. The Labute approximate surface area is 157 Å². The Balaban J connectivity index is 2.33. The minimum atomic E-state index is -1.66. The molecule has 2 unspecified atom stereocenters. The van der Waals surface area contributed by atoms with Gasteiger partial charge >= 0.3 is 0 Å². The van der Waals surface area contributed by atoms with E-state index in [4.69, 9.17) is 5.73 Å². The second kappa shape index (κ2) is 7.95. The van der Waals surface area contributed by atoms with Gasteiger partial charge in [-0.15, -0.1) is 11.3 Å². The number of nitrogens with zero attached hydrogens (tertiary/aromatic N) is 2. The number of amides is 2. The molecule has 2 aromatic rings. The average molecular weight is 377 g/mol. The lowest BCUT2D eigenvalue weighted by Crippen LogP contribution is -2.38. The van der Waals surface area contributed by atoms with Crippen LogP contribution in [0.3, 0.4) is 0 Å². The molecule has 2 atom stereocenters. The summed E-state index contributed by atoms with van der Waals surface area (Å²) in [4.78, 5) is 29.6. The maximum Gasteiger partial charge on any atom is 0.268 e. The molecule has 140 valence electrons. The van der Waals surface area contributed by atoms with Crippen LogP contribution < -0.4 is 10.6 Å². The van der Waals surface area contributed by atoms with E-state index in [9.17, 15) is 14.0 Å². The normalized spacial score (nSPS) is 13.9. The lowest BCUT2D eigenvalue weighted by Gasteiger charge is -2.28. The van der Waals surface area contributed by atoms with Crippen LogP contribution in [-0.4, -0.2) is 23.0 Å². The van der Waals surface area contributed by atoms with E-state index in [-0.39, 0.29) is 5.41 Å². The standard InChI is InChI=1S/C19H24FN3O2S/c1-12(11-19(2,3)4)15(20)17(25)23(18-22-9-10-26-18)14-7-5-13(6-8-14)16(21)24/h5-10,12,15H,11H2,1-4H3,(H2,21,24). The molecule has 1 heterocycles. The minimum Gasteiger partial charge on any atom is -0.366 e. The van der Waals surface area contributed by atoms with Gasteiger partial charge in [-0.05, 0) is 42.0 Å². The van der Waals surface area contributed by atoms with Crippen molar-refractivity contribution < 1.29 is 14.0 Å². The number of alkyl halides is 1. The van der Waals surface area contributed by atoms with Crippen molar-refractivity contribution in [1.82, 2.24) is 4.98 Å². The van der Waals surface area contributed by atoms with E-state index in [1.165, 1.54) is 28.4 Å². The highest BCUT2D eigenvalue weighted by Gasteiger charge is 2.34. The van der Waals surface area contributed by atoms with E-state index < -0.39 is 23.9 Å². The molecule has 2 amide bonds. The summed E-state index contributed by atoms with van der Waals surface area (Å²) in [6.45, 7) is 7.79. The fourth-order valence-corrected chi connectivity index (χ4v) is 3.54. The smallest absolute Gasteiger partial charge is 0.268 e. The highest BCUT2D eigenvalue weighted by molar-refractivity contribution is 7.13. The Bertz CT molecular complexity index is 754. The second-order valence-corrected chi connectivity index (χ2v) is 8.42. The number of hydrogen-bond acceptors (Lipinski definition) is 4. The zero-order valence-electron chi connectivity index (χ0n) is 15.4. The van der Waals surface area contributed by atoms with Crippen molar-refractivity contribution in [2.75, 3.05) is 4.90 Å². The van der Waals surface area contributed by atoms with Crippen molar-refractivity contribution in [1.29, 1.82) is 0 Å². The molecule has 0 spiro atoms. The van der Waals surface area contributed by atoms with Gasteiger partial charge in [0.25, 0.3) is 5.91 Å². The van der Waals surface area contributed by atoms with Gasteiger partial charge in [-0.2, -0.15) is 0 Å². The van der Waals surface area contributed by atoms with Gasteiger partial charge < -0.3 is 5.73 Å². The molecule has 0 aliphatic heterocycles. The van der Waals surface area contributed by atoms with Gasteiger partial charge in [-0.1, -0.05) is 27.7 Å². The van der Waals surface area contributed by atoms with Crippen molar-refractivity contribution in [3.05, 3.63) is 41.4 Å². The molecule has 2 N–H and O–H groups in total. The lowest BCUT2D eigenvalue weighted by molar-refractivity contribution is -0.124. The van der Waals surface area contributed by atoms with Gasteiger partial charge in [-0.25, -0.2) is 9.37 Å². The predicted octanol–water partition coefficient (Wildman–Crippen LogP) is 4.32. The topological polar surface area (TPSA) is 76.3 Å². The fraction of sp³-hybridized carbons (Fsp3) is 0.421. The summed E-state index contributed by atoms with van der Waals surface area (Å²) in [7, 11) is 0. The van der Waals surface area contributed by atoms with E-state index in [1.807, 2.05) is 20.8 Å². The Kier molecular flexibility index (Phi) is 6.13. The van der Waals surface area contributed by atoms with Crippen molar-refractivity contribution in [2.45, 2.75) is 40.3 Å². The molecule has 26 heavy (non-hydrogen) atoms. The third-order valence-corrected chi connectivity index (χ3v) is 4.67. The summed E-state index contributed by atoms with van der Waals surface area (Å²) >= 11 is 1.24. The maximum atomic E-state index is 15.0.